The van der Waals surface area contributed by atoms with Gasteiger partial charge in [0.1, 0.15) is 0 Å². The Morgan fingerprint density at radius 3 is 2.75 bits per heavy atom. The first kappa shape index (κ1) is 20.0. The van der Waals surface area contributed by atoms with Gasteiger partial charge in [-0.2, -0.15) is 4.99 Å². The molecule has 9 heteroatoms. The normalized spacial score (nSPS) is 12.3. The Balaban J connectivity index is 1.96. The summed E-state index contributed by atoms with van der Waals surface area (Å²) in [4.78, 5) is 16.8. The second-order valence-corrected chi connectivity index (χ2v) is 8.94. The number of hydrogen-bond acceptors (Lipinski definition) is 5. The topological polar surface area (TPSA) is 77.7 Å². The first-order valence-electron chi connectivity index (χ1n) is 8.19. The molecule has 0 spiro atoms. The number of para-hydroxylation sites is 1. The van der Waals surface area contributed by atoms with Gasteiger partial charge in [-0.25, -0.2) is 12.8 Å². The number of ether oxygens (including phenoxy) is 1. The number of aromatic nitrogens is 1. The highest BCUT2D eigenvalue weighted by atomic mass is 32.2. The standard InChI is InChI=1S/C19H17FN2O4S2/c1-3-10-22-15-9-8-13(28(2,24)25)11-17(15)27-19(22)21-18(23)12-26-16-7-5-4-6-14(16)20/h3-9,11H,1,10,12H2,2H3. The lowest BCUT2D eigenvalue weighted by molar-refractivity contribution is -0.120. The fraction of sp³-hybridized carbons (Fsp3) is 0.158. The molecule has 0 radical (unpaired) electrons. The molecule has 0 aliphatic heterocycles. The van der Waals surface area contributed by atoms with E-state index in [1.54, 1.807) is 28.8 Å². The van der Waals surface area contributed by atoms with Gasteiger partial charge in [0.05, 0.1) is 15.1 Å². The van der Waals surface area contributed by atoms with Crippen LogP contribution < -0.4 is 9.54 Å². The second kappa shape index (κ2) is 8.07. The van der Waals surface area contributed by atoms with Crippen molar-refractivity contribution < 1.29 is 22.3 Å². The van der Waals surface area contributed by atoms with Gasteiger partial charge in [-0.3, -0.25) is 4.79 Å². The van der Waals surface area contributed by atoms with Crippen LogP contribution in [-0.4, -0.2) is 31.8 Å². The van der Waals surface area contributed by atoms with E-state index in [2.05, 4.69) is 11.6 Å². The second-order valence-electron chi connectivity index (χ2n) is 5.91. The fourth-order valence-corrected chi connectivity index (χ4v) is 4.33. The molecular formula is C19H17FN2O4S2. The van der Waals surface area contributed by atoms with Crippen LogP contribution in [0.15, 0.2) is 65.0 Å². The summed E-state index contributed by atoms with van der Waals surface area (Å²) in [5.74, 6) is -1.18. The van der Waals surface area contributed by atoms with Gasteiger partial charge in [0.25, 0.3) is 5.91 Å². The SMILES string of the molecule is C=CCn1c(=NC(=O)COc2ccccc2F)sc2cc(S(C)(=O)=O)ccc21. The Morgan fingerprint density at radius 1 is 1.32 bits per heavy atom. The predicted octanol–water partition coefficient (Wildman–Crippen LogP) is 2.94. The average molecular weight is 420 g/mol. The van der Waals surface area contributed by atoms with Crippen molar-refractivity contribution in [3.63, 3.8) is 0 Å². The summed E-state index contributed by atoms with van der Waals surface area (Å²) >= 11 is 1.18. The lowest BCUT2D eigenvalue weighted by Crippen LogP contribution is -2.19. The largest absolute Gasteiger partial charge is 0.481 e. The van der Waals surface area contributed by atoms with Crippen molar-refractivity contribution in [2.75, 3.05) is 12.9 Å². The maximum absolute atomic E-state index is 13.6. The Bertz CT molecular complexity index is 1230. The van der Waals surface area contributed by atoms with Gasteiger partial charge in [-0.15, -0.1) is 6.58 Å². The van der Waals surface area contributed by atoms with Gasteiger partial charge in [0, 0.05) is 12.8 Å². The van der Waals surface area contributed by atoms with E-state index >= 15 is 0 Å². The molecule has 0 fully saturated rings. The molecule has 0 N–H and O–H groups in total. The van der Waals surface area contributed by atoms with Gasteiger partial charge >= 0.3 is 0 Å². The lowest BCUT2D eigenvalue weighted by Gasteiger charge is -2.04. The smallest absolute Gasteiger partial charge is 0.286 e. The molecule has 1 heterocycles. The van der Waals surface area contributed by atoms with Crippen molar-refractivity contribution >= 4 is 37.3 Å². The molecule has 146 valence electrons. The molecule has 1 aromatic heterocycles. The Kier molecular flexibility index (Phi) is 5.76. The van der Waals surface area contributed by atoms with Crippen molar-refractivity contribution in [3.8, 4) is 5.75 Å². The highest BCUT2D eigenvalue weighted by molar-refractivity contribution is 7.90. The number of allylic oxidation sites excluding steroid dienone is 1. The Labute approximate surface area is 165 Å². The first-order chi connectivity index (χ1) is 13.3. The van der Waals surface area contributed by atoms with Crippen LogP contribution in [0.5, 0.6) is 5.75 Å². The molecule has 0 aliphatic rings. The zero-order chi connectivity index (χ0) is 20.3. The van der Waals surface area contributed by atoms with E-state index in [1.807, 2.05) is 0 Å². The van der Waals surface area contributed by atoms with Crippen LogP contribution in [0.4, 0.5) is 4.39 Å². The van der Waals surface area contributed by atoms with Crippen molar-refractivity contribution in [3.05, 3.63) is 65.7 Å². The summed E-state index contributed by atoms with van der Waals surface area (Å²) in [7, 11) is -3.35. The summed E-state index contributed by atoms with van der Waals surface area (Å²) in [6.07, 6.45) is 2.78. The number of carbonyl (C=O) groups is 1. The average Bonchev–Trinajstić information content (AvgIpc) is 2.97. The van der Waals surface area contributed by atoms with Crippen LogP contribution in [0.2, 0.25) is 0 Å². The van der Waals surface area contributed by atoms with Crippen molar-refractivity contribution in [2.45, 2.75) is 11.4 Å². The quantitative estimate of drug-likeness (QED) is 0.575. The molecular weight excluding hydrogens is 403 g/mol. The molecule has 0 saturated carbocycles. The van der Waals surface area contributed by atoms with E-state index in [1.165, 1.54) is 35.6 Å². The van der Waals surface area contributed by atoms with Crippen LogP contribution in [0, 0.1) is 5.82 Å². The number of rotatable bonds is 6. The molecule has 3 rings (SSSR count). The number of amides is 1. The lowest BCUT2D eigenvalue weighted by atomic mass is 10.3. The fourth-order valence-electron chi connectivity index (χ4n) is 2.52. The molecule has 0 aliphatic carbocycles. The van der Waals surface area contributed by atoms with Crippen LogP contribution in [0.1, 0.15) is 0 Å². The van der Waals surface area contributed by atoms with E-state index in [9.17, 15) is 17.6 Å². The van der Waals surface area contributed by atoms with Gasteiger partial charge < -0.3 is 9.30 Å². The Hall–Kier alpha value is -2.78. The minimum Gasteiger partial charge on any atom is -0.481 e. The zero-order valence-corrected chi connectivity index (χ0v) is 16.6. The molecule has 0 atom stereocenters. The maximum Gasteiger partial charge on any atom is 0.286 e. The van der Waals surface area contributed by atoms with Crippen LogP contribution in [-0.2, 0) is 21.2 Å². The highest BCUT2D eigenvalue weighted by Crippen LogP contribution is 2.22. The summed E-state index contributed by atoms with van der Waals surface area (Å²) in [5, 5.41) is 0. The van der Waals surface area contributed by atoms with E-state index in [0.29, 0.717) is 16.0 Å². The number of hydrogen-bond donors (Lipinski definition) is 0. The van der Waals surface area contributed by atoms with Gasteiger partial charge in [0.2, 0.25) is 0 Å². The molecule has 1 amide bonds. The van der Waals surface area contributed by atoms with E-state index in [4.69, 9.17) is 4.74 Å². The predicted molar refractivity (Wildman–Crippen MR) is 106 cm³/mol. The van der Waals surface area contributed by atoms with Gasteiger partial charge in [-0.1, -0.05) is 29.5 Å². The van der Waals surface area contributed by atoms with Crippen LogP contribution in [0.3, 0.4) is 0 Å². The molecule has 0 bridgehead atoms. The van der Waals surface area contributed by atoms with Crippen LogP contribution in [0.25, 0.3) is 10.2 Å². The van der Waals surface area contributed by atoms with E-state index in [-0.39, 0.29) is 10.6 Å². The van der Waals surface area contributed by atoms with Crippen molar-refractivity contribution in [1.82, 2.24) is 4.57 Å². The number of benzene rings is 2. The third-order valence-electron chi connectivity index (χ3n) is 3.80. The van der Waals surface area contributed by atoms with Crippen LogP contribution >= 0.6 is 11.3 Å². The molecule has 0 unspecified atom stereocenters. The molecule has 2 aromatic carbocycles. The highest BCUT2D eigenvalue weighted by Gasteiger charge is 2.13. The zero-order valence-electron chi connectivity index (χ0n) is 15.0. The molecule has 28 heavy (non-hydrogen) atoms. The van der Waals surface area contributed by atoms with Crippen molar-refractivity contribution in [2.24, 2.45) is 4.99 Å². The van der Waals surface area contributed by atoms with E-state index < -0.39 is 28.2 Å². The summed E-state index contributed by atoms with van der Waals surface area (Å²) in [5.41, 5.74) is 0.735. The monoisotopic (exact) mass is 420 g/mol. The number of sulfone groups is 1. The number of fused-ring (bicyclic) bond motifs is 1. The number of carbonyl (C=O) groups excluding carboxylic acids is 1. The minimum absolute atomic E-state index is 0.0286. The minimum atomic E-state index is -3.35. The van der Waals surface area contributed by atoms with Crippen molar-refractivity contribution in [1.29, 1.82) is 0 Å². The number of halogens is 1. The molecule has 6 nitrogen and oxygen atoms in total. The maximum atomic E-state index is 13.6. The number of nitrogens with zero attached hydrogens (tertiary/aromatic N) is 2. The van der Waals surface area contributed by atoms with Gasteiger partial charge in [0.15, 0.2) is 32.8 Å². The summed E-state index contributed by atoms with van der Waals surface area (Å²) in [6.45, 7) is 3.67. The summed E-state index contributed by atoms with van der Waals surface area (Å²) in [6, 6.07) is 10.5. The van der Waals surface area contributed by atoms with Gasteiger partial charge in [-0.05, 0) is 30.3 Å². The molecule has 0 saturated heterocycles. The third-order valence-corrected chi connectivity index (χ3v) is 5.95. The molecule has 3 aromatic rings. The first-order valence-corrected chi connectivity index (χ1v) is 10.9. The summed E-state index contributed by atoms with van der Waals surface area (Å²) < 4.78 is 44.7. The number of thiazole rings is 1. The third kappa shape index (κ3) is 4.37. The van der Waals surface area contributed by atoms with E-state index in [0.717, 1.165) is 11.8 Å². The Morgan fingerprint density at radius 2 is 2.07 bits per heavy atom.